The number of ether oxygens (including phenoxy) is 1. The van der Waals surface area contributed by atoms with E-state index >= 15 is 0 Å². The lowest BCUT2D eigenvalue weighted by molar-refractivity contribution is -0.121. The monoisotopic (exact) mass is 308 g/mol. The smallest absolute Gasteiger partial charge is 0.240 e. The quantitative estimate of drug-likeness (QED) is 0.910. The molecule has 6 nitrogen and oxygen atoms in total. The van der Waals surface area contributed by atoms with Crippen molar-refractivity contribution in [1.82, 2.24) is 5.43 Å². The summed E-state index contributed by atoms with van der Waals surface area (Å²) in [5.74, 6) is 0.195. The molecule has 0 radical (unpaired) electrons. The van der Waals surface area contributed by atoms with Crippen LogP contribution in [0.25, 0.3) is 6.08 Å². The van der Waals surface area contributed by atoms with E-state index < -0.39 is 9.84 Å². The summed E-state index contributed by atoms with van der Waals surface area (Å²) in [5, 5.41) is 3.92. The highest BCUT2D eigenvalue weighted by Crippen LogP contribution is 2.29. The second kappa shape index (κ2) is 6.09. The number of benzene rings is 1. The number of para-hydroxylation sites is 1. The number of hydrogen-bond donors (Lipinski definition) is 1. The van der Waals surface area contributed by atoms with E-state index in [-0.39, 0.29) is 10.8 Å². The Labute approximate surface area is 123 Å². The van der Waals surface area contributed by atoms with Crippen molar-refractivity contribution in [2.24, 2.45) is 5.10 Å². The minimum absolute atomic E-state index is 0.108. The number of nitrogens with zero attached hydrogens (tertiary/aromatic N) is 1. The van der Waals surface area contributed by atoms with E-state index in [1.807, 2.05) is 0 Å². The number of methoxy groups -OCH3 is 1. The van der Waals surface area contributed by atoms with Crippen molar-refractivity contribution < 1.29 is 17.9 Å². The van der Waals surface area contributed by atoms with Gasteiger partial charge in [0.25, 0.3) is 0 Å². The lowest BCUT2D eigenvalue weighted by atomic mass is 10.1. The van der Waals surface area contributed by atoms with Gasteiger partial charge in [0.2, 0.25) is 5.91 Å². The van der Waals surface area contributed by atoms with Crippen LogP contribution < -0.4 is 10.2 Å². The molecule has 1 heterocycles. The molecule has 0 spiro atoms. The first-order valence-electron chi connectivity index (χ1n) is 6.32. The van der Waals surface area contributed by atoms with Gasteiger partial charge in [0, 0.05) is 24.7 Å². The number of carbonyl (C=O) groups is 1. The Morgan fingerprint density at radius 1 is 1.29 bits per heavy atom. The van der Waals surface area contributed by atoms with Gasteiger partial charge in [0.05, 0.1) is 12.8 Å². The molecular formula is C14H16N2O4S. The minimum Gasteiger partial charge on any atom is -0.495 e. The van der Waals surface area contributed by atoms with Gasteiger partial charge in [0.1, 0.15) is 10.6 Å². The molecule has 0 aromatic heterocycles. The van der Waals surface area contributed by atoms with Crippen LogP contribution in [0.15, 0.2) is 34.3 Å². The third-order valence-electron chi connectivity index (χ3n) is 3.00. The molecule has 2 rings (SSSR count). The number of amides is 1. The summed E-state index contributed by atoms with van der Waals surface area (Å²) < 4.78 is 28.7. The first-order chi connectivity index (χ1) is 9.91. The predicted octanol–water partition coefficient (Wildman–Crippen LogP) is 1.38. The molecule has 7 heteroatoms. The first-order valence-corrected chi connectivity index (χ1v) is 8.21. The number of hydrogen-bond acceptors (Lipinski definition) is 5. The zero-order chi connectivity index (χ0) is 15.5. The van der Waals surface area contributed by atoms with Crippen LogP contribution in [0.3, 0.4) is 0 Å². The second-order valence-electron chi connectivity index (χ2n) is 4.62. The molecule has 0 atom stereocenters. The minimum atomic E-state index is -3.36. The van der Waals surface area contributed by atoms with Gasteiger partial charge in [-0.25, -0.2) is 13.8 Å². The largest absolute Gasteiger partial charge is 0.495 e. The lowest BCUT2D eigenvalue weighted by Gasteiger charge is -2.11. The molecular weight excluding hydrogens is 292 g/mol. The van der Waals surface area contributed by atoms with Crippen LogP contribution in [0, 0.1) is 0 Å². The summed E-state index contributed by atoms with van der Waals surface area (Å²) in [4.78, 5) is 11.2. The molecule has 112 valence electrons. The summed E-state index contributed by atoms with van der Waals surface area (Å²) in [6.07, 6.45) is 5.55. The molecule has 0 aliphatic carbocycles. The van der Waals surface area contributed by atoms with Gasteiger partial charge < -0.3 is 4.74 Å². The molecule has 0 fully saturated rings. The Hall–Kier alpha value is -2.15. The molecule has 1 N–H and O–H groups in total. The van der Waals surface area contributed by atoms with Crippen molar-refractivity contribution in [3.63, 3.8) is 0 Å². The molecule has 0 unspecified atom stereocenters. The zero-order valence-electron chi connectivity index (χ0n) is 11.8. The maximum absolute atomic E-state index is 11.7. The molecule has 0 bridgehead atoms. The van der Waals surface area contributed by atoms with E-state index in [9.17, 15) is 13.2 Å². The van der Waals surface area contributed by atoms with Gasteiger partial charge in [-0.15, -0.1) is 0 Å². The summed E-state index contributed by atoms with van der Waals surface area (Å²) in [7, 11) is -1.93. The fraction of sp³-hybridized carbons (Fsp3) is 0.286. The van der Waals surface area contributed by atoms with E-state index in [1.165, 1.54) is 13.2 Å². The molecule has 1 amide bonds. The Balaban J connectivity index is 2.35. The summed E-state index contributed by atoms with van der Waals surface area (Å²) >= 11 is 0. The third kappa shape index (κ3) is 3.69. The Bertz CT molecular complexity index is 720. The highest BCUT2D eigenvalue weighted by atomic mass is 32.2. The Morgan fingerprint density at radius 3 is 2.62 bits per heavy atom. The molecule has 0 saturated carbocycles. The third-order valence-corrected chi connectivity index (χ3v) is 4.12. The highest BCUT2D eigenvalue weighted by Gasteiger charge is 2.16. The number of hydrazone groups is 1. The van der Waals surface area contributed by atoms with Crippen LogP contribution in [0.2, 0.25) is 0 Å². The average Bonchev–Trinajstić information content (AvgIpc) is 2.45. The van der Waals surface area contributed by atoms with Crippen molar-refractivity contribution in [2.45, 2.75) is 17.7 Å². The van der Waals surface area contributed by atoms with Gasteiger partial charge in [-0.2, -0.15) is 5.10 Å². The fourth-order valence-electron chi connectivity index (χ4n) is 1.97. The van der Waals surface area contributed by atoms with Crippen LogP contribution in [-0.4, -0.2) is 33.4 Å². The molecule has 1 aromatic carbocycles. The summed E-state index contributed by atoms with van der Waals surface area (Å²) in [6, 6.07) is 4.92. The predicted molar refractivity (Wildman–Crippen MR) is 79.9 cm³/mol. The van der Waals surface area contributed by atoms with Crippen molar-refractivity contribution in [2.75, 3.05) is 13.4 Å². The Morgan fingerprint density at radius 2 is 2.05 bits per heavy atom. The van der Waals surface area contributed by atoms with E-state index in [1.54, 1.807) is 24.3 Å². The maximum Gasteiger partial charge on any atom is 0.240 e. The Kier molecular flexibility index (Phi) is 4.42. The van der Waals surface area contributed by atoms with E-state index in [0.717, 1.165) is 12.0 Å². The van der Waals surface area contributed by atoms with Gasteiger partial charge in [-0.3, -0.25) is 4.79 Å². The van der Waals surface area contributed by atoms with Gasteiger partial charge in [-0.05, 0) is 18.2 Å². The van der Waals surface area contributed by atoms with Crippen LogP contribution in [0.4, 0.5) is 0 Å². The maximum atomic E-state index is 11.7. The molecule has 0 saturated heterocycles. The SMILES string of the molecule is COc1c(C=CC2=NNC(=O)CC2)cccc1S(C)(=O)=O. The van der Waals surface area contributed by atoms with Gasteiger partial charge in [0.15, 0.2) is 9.84 Å². The van der Waals surface area contributed by atoms with Crippen molar-refractivity contribution in [3.05, 3.63) is 29.8 Å². The number of sulfone groups is 1. The second-order valence-corrected chi connectivity index (χ2v) is 6.61. The normalized spacial score (nSPS) is 15.7. The first kappa shape index (κ1) is 15.2. The topological polar surface area (TPSA) is 84.8 Å². The van der Waals surface area contributed by atoms with Crippen LogP contribution >= 0.6 is 0 Å². The van der Waals surface area contributed by atoms with E-state index in [4.69, 9.17) is 4.74 Å². The van der Waals surface area contributed by atoms with Crippen LogP contribution in [0.5, 0.6) is 5.75 Å². The van der Waals surface area contributed by atoms with Crippen molar-refractivity contribution in [3.8, 4) is 5.75 Å². The average molecular weight is 308 g/mol. The number of rotatable bonds is 4. The number of carbonyl (C=O) groups excluding carboxylic acids is 1. The number of allylic oxidation sites excluding steroid dienone is 1. The zero-order valence-corrected chi connectivity index (χ0v) is 12.6. The van der Waals surface area contributed by atoms with Crippen molar-refractivity contribution in [1.29, 1.82) is 0 Å². The molecule has 21 heavy (non-hydrogen) atoms. The van der Waals surface area contributed by atoms with E-state index in [2.05, 4.69) is 10.5 Å². The fourth-order valence-corrected chi connectivity index (χ4v) is 2.83. The van der Waals surface area contributed by atoms with Gasteiger partial charge in [-0.1, -0.05) is 12.1 Å². The van der Waals surface area contributed by atoms with E-state index in [0.29, 0.717) is 24.2 Å². The van der Waals surface area contributed by atoms with Crippen LogP contribution in [0.1, 0.15) is 18.4 Å². The molecule has 1 aliphatic rings. The van der Waals surface area contributed by atoms with Gasteiger partial charge >= 0.3 is 0 Å². The van der Waals surface area contributed by atoms with Crippen LogP contribution in [-0.2, 0) is 14.6 Å². The lowest BCUT2D eigenvalue weighted by Crippen LogP contribution is -2.24. The molecule has 1 aromatic rings. The summed E-state index contributed by atoms with van der Waals surface area (Å²) in [6.45, 7) is 0. The number of nitrogens with one attached hydrogen (secondary N) is 1. The standard InChI is InChI=1S/C14H16N2O4S/c1-20-14-10(4-3-5-12(14)21(2,18)19)6-7-11-8-9-13(17)16-15-11/h3-7H,8-9H2,1-2H3,(H,16,17). The molecule has 1 aliphatic heterocycles. The summed E-state index contributed by atoms with van der Waals surface area (Å²) in [5.41, 5.74) is 3.77. The van der Waals surface area contributed by atoms with Crippen molar-refractivity contribution >= 4 is 27.5 Å². The highest BCUT2D eigenvalue weighted by molar-refractivity contribution is 7.90.